The lowest BCUT2D eigenvalue weighted by atomic mass is 9.95. The maximum Gasteiger partial charge on any atom is 0.274 e. The molecule has 2 atom stereocenters. The zero-order valence-electron chi connectivity index (χ0n) is 11.3. The number of carbonyl (C=O) groups is 1. The van der Waals surface area contributed by atoms with E-state index in [-0.39, 0.29) is 17.3 Å². The summed E-state index contributed by atoms with van der Waals surface area (Å²) in [7, 11) is 1.81. The van der Waals surface area contributed by atoms with E-state index < -0.39 is 0 Å². The Morgan fingerprint density at radius 1 is 1.50 bits per heavy atom. The van der Waals surface area contributed by atoms with Crippen LogP contribution in [0.15, 0.2) is 16.7 Å². The molecule has 1 amide bonds. The average molecular weight is 297 g/mol. The molecular formula is C12H17ClN6O. The van der Waals surface area contributed by atoms with Gasteiger partial charge in [0.05, 0.1) is 6.33 Å². The molecule has 2 aliphatic rings. The number of rotatable bonds is 2. The zero-order valence-corrected chi connectivity index (χ0v) is 12.0. The van der Waals surface area contributed by atoms with Crippen LogP contribution in [0, 0.1) is 0 Å². The van der Waals surface area contributed by atoms with E-state index in [1.165, 1.54) is 0 Å². The highest BCUT2D eigenvalue weighted by molar-refractivity contribution is 6.20. The van der Waals surface area contributed by atoms with E-state index in [4.69, 9.17) is 11.6 Å². The third kappa shape index (κ3) is 2.63. The fourth-order valence-corrected chi connectivity index (χ4v) is 3.00. The fraction of sp³-hybridized carbons (Fsp3) is 0.667. The SMILES string of the molecule is CN1Cn2cnc(C(=O)NC3CCCC(Cl)C3)c2N=N1. The predicted molar refractivity (Wildman–Crippen MR) is 73.9 cm³/mol. The first-order valence-corrected chi connectivity index (χ1v) is 7.20. The van der Waals surface area contributed by atoms with Crippen molar-refractivity contribution in [1.29, 1.82) is 0 Å². The molecule has 1 aliphatic heterocycles. The quantitative estimate of drug-likeness (QED) is 0.849. The number of alkyl halides is 1. The average Bonchev–Trinajstić information content (AvgIpc) is 2.81. The lowest BCUT2D eigenvalue weighted by molar-refractivity contribution is 0.0924. The van der Waals surface area contributed by atoms with E-state index in [9.17, 15) is 4.79 Å². The van der Waals surface area contributed by atoms with Crippen LogP contribution in [0.2, 0.25) is 0 Å². The second kappa shape index (κ2) is 5.40. The second-order valence-electron chi connectivity index (χ2n) is 5.31. The van der Waals surface area contributed by atoms with Crippen LogP contribution in [0.1, 0.15) is 36.2 Å². The summed E-state index contributed by atoms with van der Waals surface area (Å²) in [4.78, 5) is 16.4. The maximum absolute atomic E-state index is 12.3. The van der Waals surface area contributed by atoms with Gasteiger partial charge in [-0.05, 0) is 25.7 Å². The topological polar surface area (TPSA) is 74.9 Å². The van der Waals surface area contributed by atoms with Crippen molar-refractivity contribution in [3.63, 3.8) is 0 Å². The molecule has 0 spiro atoms. The van der Waals surface area contributed by atoms with Crippen molar-refractivity contribution in [2.24, 2.45) is 10.3 Å². The third-order valence-electron chi connectivity index (χ3n) is 3.62. The van der Waals surface area contributed by atoms with Crippen LogP contribution in [0.3, 0.4) is 0 Å². The van der Waals surface area contributed by atoms with Gasteiger partial charge < -0.3 is 5.32 Å². The molecule has 3 rings (SSSR count). The van der Waals surface area contributed by atoms with Crippen molar-refractivity contribution in [3.05, 3.63) is 12.0 Å². The Hall–Kier alpha value is -1.63. The smallest absolute Gasteiger partial charge is 0.274 e. The summed E-state index contributed by atoms with van der Waals surface area (Å²) in [5.41, 5.74) is 0.332. The molecule has 7 nitrogen and oxygen atoms in total. The molecular weight excluding hydrogens is 280 g/mol. The van der Waals surface area contributed by atoms with Gasteiger partial charge in [0.2, 0.25) is 0 Å². The van der Waals surface area contributed by atoms with Crippen LogP contribution in [-0.4, -0.2) is 38.9 Å². The summed E-state index contributed by atoms with van der Waals surface area (Å²) >= 11 is 6.14. The molecule has 1 aromatic rings. The molecule has 0 saturated heterocycles. The molecule has 0 radical (unpaired) electrons. The molecule has 8 heteroatoms. The molecule has 1 fully saturated rings. The van der Waals surface area contributed by atoms with Gasteiger partial charge in [0.1, 0.15) is 6.67 Å². The predicted octanol–water partition coefficient (Wildman–Crippen LogP) is 2.06. The standard InChI is InChI=1S/C12H17ClN6O/c1-18-7-19-6-14-10(11(19)16-17-18)12(20)15-9-4-2-3-8(13)5-9/h6,8-9H,2-5,7H2,1H3,(H,15,20). The number of hydrogen-bond donors (Lipinski definition) is 1. The Balaban J connectivity index is 1.71. The van der Waals surface area contributed by atoms with E-state index >= 15 is 0 Å². The van der Waals surface area contributed by atoms with Crippen LogP contribution in [0.5, 0.6) is 0 Å². The number of carbonyl (C=O) groups excluding carboxylic acids is 1. The first-order valence-electron chi connectivity index (χ1n) is 6.76. The van der Waals surface area contributed by atoms with Gasteiger partial charge in [-0.15, -0.1) is 16.7 Å². The number of imidazole rings is 1. The fourth-order valence-electron chi connectivity index (χ4n) is 2.63. The minimum absolute atomic E-state index is 0.124. The molecule has 1 aliphatic carbocycles. The molecule has 1 N–H and O–H groups in total. The number of amides is 1. The van der Waals surface area contributed by atoms with Crippen molar-refractivity contribution in [2.75, 3.05) is 7.05 Å². The first-order chi connectivity index (χ1) is 9.63. The van der Waals surface area contributed by atoms with Crippen molar-refractivity contribution in [3.8, 4) is 0 Å². The van der Waals surface area contributed by atoms with Gasteiger partial charge in [-0.25, -0.2) is 4.98 Å². The van der Waals surface area contributed by atoms with Crippen LogP contribution >= 0.6 is 11.6 Å². The van der Waals surface area contributed by atoms with E-state index in [1.54, 1.807) is 15.9 Å². The minimum Gasteiger partial charge on any atom is -0.348 e. The molecule has 1 aromatic heterocycles. The Bertz CT molecular complexity index is 542. The summed E-state index contributed by atoms with van der Waals surface area (Å²) in [6.07, 6.45) is 5.46. The number of aromatic nitrogens is 2. The lowest BCUT2D eigenvalue weighted by Crippen LogP contribution is -2.39. The van der Waals surface area contributed by atoms with Crippen LogP contribution in [-0.2, 0) is 6.67 Å². The number of halogens is 1. The summed E-state index contributed by atoms with van der Waals surface area (Å²) in [5.74, 6) is 0.317. The van der Waals surface area contributed by atoms with Crippen molar-refractivity contribution >= 4 is 23.3 Å². The molecule has 20 heavy (non-hydrogen) atoms. The van der Waals surface area contributed by atoms with E-state index in [2.05, 4.69) is 20.6 Å². The molecule has 1 saturated carbocycles. The van der Waals surface area contributed by atoms with Crippen molar-refractivity contribution in [2.45, 2.75) is 43.8 Å². The van der Waals surface area contributed by atoms with E-state index in [0.717, 1.165) is 25.7 Å². The molecule has 2 unspecified atom stereocenters. The second-order valence-corrected chi connectivity index (χ2v) is 5.93. The van der Waals surface area contributed by atoms with Gasteiger partial charge in [-0.2, -0.15) is 0 Å². The largest absolute Gasteiger partial charge is 0.348 e. The Labute approximate surface area is 122 Å². The van der Waals surface area contributed by atoms with Crippen LogP contribution in [0.25, 0.3) is 0 Å². The molecule has 2 heterocycles. The van der Waals surface area contributed by atoms with E-state index in [1.807, 2.05) is 7.05 Å². The Kier molecular flexibility index (Phi) is 3.60. The normalized spacial score (nSPS) is 25.4. The monoisotopic (exact) mass is 296 g/mol. The highest BCUT2D eigenvalue weighted by atomic mass is 35.5. The Morgan fingerprint density at radius 2 is 2.35 bits per heavy atom. The Morgan fingerprint density at radius 3 is 3.15 bits per heavy atom. The van der Waals surface area contributed by atoms with Crippen molar-refractivity contribution < 1.29 is 4.79 Å². The number of nitrogens with one attached hydrogen (secondary N) is 1. The van der Waals surface area contributed by atoms with Gasteiger partial charge in [-0.1, -0.05) is 5.22 Å². The maximum atomic E-state index is 12.3. The van der Waals surface area contributed by atoms with Gasteiger partial charge in [0.15, 0.2) is 11.5 Å². The summed E-state index contributed by atoms with van der Waals surface area (Å²) < 4.78 is 1.80. The van der Waals surface area contributed by atoms with Gasteiger partial charge in [-0.3, -0.25) is 14.4 Å². The lowest BCUT2D eigenvalue weighted by Gasteiger charge is -2.26. The van der Waals surface area contributed by atoms with Crippen LogP contribution in [0.4, 0.5) is 5.82 Å². The summed E-state index contributed by atoms with van der Waals surface area (Å²) in [6.45, 7) is 0.548. The van der Waals surface area contributed by atoms with Crippen LogP contribution < -0.4 is 5.32 Å². The number of fused-ring (bicyclic) bond motifs is 1. The first kappa shape index (κ1) is 13.4. The highest BCUT2D eigenvalue weighted by Gasteiger charge is 2.26. The number of nitrogens with zero attached hydrogens (tertiary/aromatic N) is 5. The summed E-state index contributed by atoms with van der Waals surface area (Å²) in [6, 6.07) is 0.124. The molecule has 108 valence electrons. The number of hydrogen-bond acceptors (Lipinski definition) is 5. The minimum atomic E-state index is -0.196. The molecule has 0 aromatic carbocycles. The van der Waals surface area contributed by atoms with Gasteiger partial charge in [0.25, 0.3) is 5.91 Å². The van der Waals surface area contributed by atoms with Gasteiger partial charge >= 0.3 is 0 Å². The molecule has 0 bridgehead atoms. The highest BCUT2D eigenvalue weighted by Crippen LogP contribution is 2.25. The van der Waals surface area contributed by atoms with E-state index in [0.29, 0.717) is 18.2 Å². The van der Waals surface area contributed by atoms with Gasteiger partial charge in [0, 0.05) is 18.5 Å². The van der Waals surface area contributed by atoms with Crippen molar-refractivity contribution in [1.82, 2.24) is 19.9 Å². The zero-order chi connectivity index (χ0) is 14.1. The third-order valence-corrected chi connectivity index (χ3v) is 4.02. The summed E-state index contributed by atoms with van der Waals surface area (Å²) in [5, 5.41) is 12.8.